The Balaban J connectivity index is -0.000000405. The van der Waals surface area contributed by atoms with Gasteiger partial charge in [-0.3, -0.25) is 4.79 Å². The van der Waals surface area contributed by atoms with E-state index in [1.807, 2.05) is 0 Å². The molecule has 7 heteroatoms. The van der Waals surface area contributed by atoms with Crippen molar-refractivity contribution >= 4 is 11.9 Å². The maximum atomic E-state index is 9.88. The predicted molar refractivity (Wildman–Crippen MR) is 33.5 cm³/mol. The van der Waals surface area contributed by atoms with Crippen LogP contribution in [0, 0.1) is 0 Å². The fourth-order valence-corrected chi connectivity index (χ4v) is 0.397. The van der Waals surface area contributed by atoms with Crippen LogP contribution < -0.4 is 40.4 Å². The van der Waals surface area contributed by atoms with E-state index in [9.17, 15) is 14.7 Å². The number of carbonyl (C=O) groups excluding carboxylic acids is 1. The predicted octanol–water partition coefficient (Wildman–Crippen LogP) is -5.89. The first-order valence-corrected chi connectivity index (χ1v) is 2.72. The second kappa shape index (κ2) is 8.95. The summed E-state index contributed by atoms with van der Waals surface area (Å²) < 4.78 is 0. The number of rotatable bonds is 4. The number of hydrogen-bond donors (Lipinski definition) is 2. The van der Waals surface area contributed by atoms with Crippen LogP contribution in [0.15, 0.2) is 0 Å². The van der Waals surface area contributed by atoms with Gasteiger partial charge in [-0.15, -0.1) is 0 Å². The quantitative estimate of drug-likeness (QED) is 0.422. The Kier molecular flexibility index (Phi) is 13.3. The molecule has 5 N–H and O–H groups in total. The van der Waals surface area contributed by atoms with Gasteiger partial charge in [-0.2, -0.15) is 0 Å². The molecule has 0 spiro atoms. The van der Waals surface area contributed by atoms with Gasteiger partial charge >= 0.3 is 35.5 Å². The molecule has 0 amide bonds. The van der Waals surface area contributed by atoms with E-state index in [-0.39, 0.29) is 47.9 Å². The molecule has 12 heavy (non-hydrogen) atoms. The monoisotopic (exact) mass is 187 g/mol. The third-order valence-corrected chi connectivity index (χ3v) is 0.972. The standard InChI is InChI=1S/C5H9NO4.Na.H2O/c6-3(5(9)10)1-2-4(7)8;;/h3H,1-2,6H2,(H,7,8)(H,9,10);;1H2/q;+1;/p-1/t3-;;/m1../s1. The minimum Gasteiger partial charge on any atom is -0.548 e. The summed E-state index contributed by atoms with van der Waals surface area (Å²) in [6.45, 7) is 0. The van der Waals surface area contributed by atoms with Crippen LogP contribution in [-0.2, 0) is 9.59 Å². The summed E-state index contributed by atoms with van der Waals surface area (Å²) in [6, 6.07) is -1.17. The van der Waals surface area contributed by atoms with Crippen LogP contribution in [0.3, 0.4) is 0 Å². The second-order valence-electron chi connectivity index (χ2n) is 1.86. The van der Waals surface area contributed by atoms with Gasteiger partial charge in [0.1, 0.15) is 0 Å². The van der Waals surface area contributed by atoms with E-state index in [1.165, 1.54) is 0 Å². The van der Waals surface area contributed by atoms with Crippen molar-refractivity contribution in [3.63, 3.8) is 0 Å². The molecule has 0 unspecified atom stereocenters. The van der Waals surface area contributed by atoms with Crippen LogP contribution in [0.4, 0.5) is 0 Å². The molecule has 0 fully saturated rings. The summed E-state index contributed by atoms with van der Waals surface area (Å²) in [4.78, 5) is 19.7. The van der Waals surface area contributed by atoms with Crippen molar-refractivity contribution in [2.45, 2.75) is 18.9 Å². The topological polar surface area (TPSA) is 135 Å². The average Bonchev–Trinajstić information content (AvgIpc) is 1.82. The molecule has 0 rings (SSSR count). The van der Waals surface area contributed by atoms with Crippen LogP contribution >= 0.6 is 0 Å². The van der Waals surface area contributed by atoms with Gasteiger partial charge in [0.2, 0.25) is 0 Å². The summed E-state index contributed by atoms with van der Waals surface area (Å²) >= 11 is 0. The second-order valence-corrected chi connectivity index (χ2v) is 1.86. The fraction of sp³-hybridized carbons (Fsp3) is 0.600. The van der Waals surface area contributed by atoms with Crippen LogP contribution in [0.2, 0.25) is 0 Å². The first-order chi connectivity index (χ1) is 4.54. The molecule has 0 aliphatic rings. The molecule has 0 radical (unpaired) electrons. The minimum absolute atomic E-state index is 0. The molecule has 1 atom stereocenters. The summed E-state index contributed by atoms with van der Waals surface area (Å²) in [5.74, 6) is -2.47. The van der Waals surface area contributed by atoms with Crippen LogP contribution in [0.25, 0.3) is 0 Å². The normalized spacial score (nSPS) is 10.4. The molecule has 0 aliphatic heterocycles. The molecule has 0 bridgehead atoms. The van der Waals surface area contributed by atoms with Crippen molar-refractivity contribution in [3.05, 3.63) is 0 Å². The third-order valence-electron chi connectivity index (χ3n) is 0.972. The zero-order valence-corrected chi connectivity index (χ0v) is 8.74. The van der Waals surface area contributed by atoms with Crippen molar-refractivity contribution in [1.82, 2.24) is 0 Å². The summed E-state index contributed by atoms with van der Waals surface area (Å²) in [5.41, 5.74) is 4.94. The van der Waals surface area contributed by atoms with Crippen LogP contribution in [0.1, 0.15) is 12.8 Å². The Morgan fingerprint density at radius 3 is 2.17 bits per heavy atom. The average molecular weight is 187 g/mol. The zero-order chi connectivity index (χ0) is 8.15. The first-order valence-electron chi connectivity index (χ1n) is 2.72. The number of nitrogens with two attached hydrogens (primary N) is 1. The summed E-state index contributed by atoms with van der Waals surface area (Å²) in [5, 5.41) is 18.0. The maximum absolute atomic E-state index is 9.88. The molecule has 0 aromatic heterocycles. The van der Waals surface area contributed by atoms with E-state index >= 15 is 0 Å². The van der Waals surface area contributed by atoms with Gasteiger partial charge in [0.05, 0.1) is 5.97 Å². The fourth-order valence-electron chi connectivity index (χ4n) is 0.397. The molecule has 0 saturated carbocycles. The largest absolute Gasteiger partial charge is 1.00 e. The van der Waals surface area contributed by atoms with E-state index in [1.54, 1.807) is 0 Å². The van der Waals surface area contributed by atoms with Gasteiger partial charge in [0.25, 0.3) is 0 Å². The summed E-state index contributed by atoms with van der Waals surface area (Å²) in [7, 11) is 0. The minimum atomic E-state index is -1.42. The number of carboxylic acid groups (broad SMARTS) is 2. The van der Waals surface area contributed by atoms with Gasteiger partial charge in [0, 0.05) is 12.5 Å². The Morgan fingerprint density at radius 1 is 1.50 bits per heavy atom. The zero-order valence-electron chi connectivity index (χ0n) is 6.74. The molecule has 0 saturated heterocycles. The molecule has 0 aliphatic carbocycles. The molecule has 0 aromatic rings. The van der Waals surface area contributed by atoms with Crippen molar-refractivity contribution in [2.75, 3.05) is 0 Å². The Hall–Kier alpha value is -0.140. The molecular formula is C5H10NNaO5. The molecular weight excluding hydrogens is 177 g/mol. The van der Waals surface area contributed by atoms with Gasteiger partial charge in [0.15, 0.2) is 0 Å². The smallest absolute Gasteiger partial charge is 0.548 e. The van der Waals surface area contributed by atoms with E-state index in [4.69, 9.17) is 10.8 Å². The van der Waals surface area contributed by atoms with E-state index in [0.717, 1.165) is 0 Å². The van der Waals surface area contributed by atoms with Crippen molar-refractivity contribution < 1.29 is 54.8 Å². The van der Waals surface area contributed by atoms with Gasteiger partial charge < -0.3 is 26.2 Å². The van der Waals surface area contributed by atoms with Gasteiger partial charge in [-0.1, -0.05) is 0 Å². The summed E-state index contributed by atoms with van der Waals surface area (Å²) in [6.07, 6.45) is -0.327. The molecule has 0 aromatic carbocycles. The number of carbonyl (C=O) groups is 2. The van der Waals surface area contributed by atoms with E-state index < -0.39 is 18.0 Å². The number of carboxylic acids is 2. The van der Waals surface area contributed by atoms with Crippen LogP contribution in [-0.4, -0.2) is 28.6 Å². The maximum Gasteiger partial charge on any atom is 1.00 e. The first kappa shape index (κ1) is 17.8. The Morgan fingerprint density at radius 2 is 1.92 bits per heavy atom. The number of aliphatic carboxylic acids is 2. The molecule has 0 heterocycles. The van der Waals surface area contributed by atoms with Crippen molar-refractivity contribution in [3.8, 4) is 0 Å². The van der Waals surface area contributed by atoms with Crippen molar-refractivity contribution in [1.29, 1.82) is 0 Å². The van der Waals surface area contributed by atoms with E-state index in [2.05, 4.69) is 0 Å². The molecule has 66 valence electrons. The van der Waals surface area contributed by atoms with Gasteiger partial charge in [-0.05, 0) is 6.42 Å². The Bertz CT molecular complexity index is 151. The van der Waals surface area contributed by atoms with E-state index in [0.29, 0.717) is 0 Å². The van der Waals surface area contributed by atoms with Gasteiger partial charge in [-0.25, -0.2) is 0 Å². The van der Waals surface area contributed by atoms with Crippen LogP contribution in [0.5, 0.6) is 0 Å². The number of hydrogen-bond acceptors (Lipinski definition) is 4. The van der Waals surface area contributed by atoms with Crippen molar-refractivity contribution in [2.24, 2.45) is 5.73 Å². The third kappa shape index (κ3) is 9.86. The SMILES string of the molecule is N[C@H](CCC(=O)O)C(=O)[O-].O.[Na+]. The molecule has 6 nitrogen and oxygen atoms in total. The Labute approximate surface area is 91.3 Å².